The number of nitrogens with zero attached hydrogens (tertiary/aromatic N) is 5. The Hall–Kier alpha value is -1.95. The smallest absolute Gasteiger partial charge is 0.203 e. The van der Waals surface area contributed by atoms with Crippen molar-refractivity contribution in [3.8, 4) is 0 Å². The Morgan fingerprint density at radius 1 is 1.47 bits per heavy atom. The third-order valence-corrected chi connectivity index (χ3v) is 4.04. The molecule has 0 N–H and O–H groups in total. The summed E-state index contributed by atoms with van der Waals surface area (Å²) in [4.78, 5) is 6.59. The van der Waals surface area contributed by atoms with Crippen molar-refractivity contribution in [2.75, 3.05) is 11.9 Å². The third kappa shape index (κ3) is 2.31. The topological polar surface area (TPSA) is 46.3 Å². The molecule has 3 heterocycles. The zero-order valence-electron chi connectivity index (χ0n) is 10.9. The second kappa shape index (κ2) is 4.97. The molecule has 5 nitrogen and oxygen atoms in total. The highest BCUT2D eigenvalue weighted by atomic mass is 32.1. The van der Waals surface area contributed by atoms with Crippen molar-refractivity contribution in [3.63, 3.8) is 0 Å². The van der Waals surface area contributed by atoms with Crippen LogP contribution in [0.25, 0.3) is 5.65 Å². The standard InChI is InChI=1S/C13H15N5S/c1-10(7-11-3-6-19-8-11)17(2)12-13-16-15-9-18(13)5-4-14-12/h3-6,8-10H,7H2,1-2H3/t10-/m0/s1. The highest BCUT2D eigenvalue weighted by Gasteiger charge is 2.16. The van der Waals surface area contributed by atoms with Gasteiger partial charge in [0.15, 0.2) is 5.82 Å². The molecule has 0 saturated heterocycles. The molecule has 0 fully saturated rings. The molecule has 6 heteroatoms. The Kier molecular flexibility index (Phi) is 3.16. The van der Waals surface area contributed by atoms with Gasteiger partial charge in [0.2, 0.25) is 5.65 Å². The predicted octanol–water partition coefficient (Wildman–Crippen LogP) is 2.25. The van der Waals surface area contributed by atoms with Gasteiger partial charge in [0.1, 0.15) is 6.33 Å². The van der Waals surface area contributed by atoms with Gasteiger partial charge in [0.25, 0.3) is 0 Å². The SMILES string of the molecule is C[C@@H](Cc1ccsc1)N(C)c1nccn2cnnc12. The third-order valence-electron chi connectivity index (χ3n) is 3.30. The number of rotatable bonds is 4. The number of fused-ring (bicyclic) bond motifs is 1. The van der Waals surface area contributed by atoms with Gasteiger partial charge < -0.3 is 4.90 Å². The van der Waals surface area contributed by atoms with Gasteiger partial charge in [0.05, 0.1) is 0 Å². The lowest BCUT2D eigenvalue weighted by molar-refractivity contribution is 0.675. The van der Waals surface area contributed by atoms with E-state index in [0.717, 1.165) is 17.9 Å². The largest absolute Gasteiger partial charge is 0.353 e. The fraction of sp³-hybridized carbons (Fsp3) is 0.308. The average molecular weight is 273 g/mol. The molecule has 0 aliphatic rings. The number of anilines is 1. The lowest BCUT2D eigenvalue weighted by Crippen LogP contribution is -2.31. The molecule has 0 aliphatic heterocycles. The molecule has 0 unspecified atom stereocenters. The maximum Gasteiger partial charge on any atom is 0.203 e. The summed E-state index contributed by atoms with van der Waals surface area (Å²) in [5.74, 6) is 0.864. The average Bonchev–Trinajstić information content (AvgIpc) is 3.07. The summed E-state index contributed by atoms with van der Waals surface area (Å²) < 4.78 is 1.89. The number of aromatic nitrogens is 4. The van der Waals surface area contributed by atoms with Crippen LogP contribution >= 0.6 is 11.3 Å². The molecule has 1 atom stereocenters. The maximum atomic E-state index is 4.43. The van der Waals surface area contributed by atoms with Crippen LogP contribution in [0.5, 0.6) is 0 Å². The number of hydrogen-bond acceptors (Lipinski definition) is 5. The summed E-state index contributed by atoms with van der Waals surface area (Å²) in [5.41, 5.74) is 2.15. The van der Waals surface area contributed by atoms with Gasteiger partial charge in [-0.2, -0.15) is 11.3 Å². The van der Waals surface area contributed by atoms with Crippen LogP contribution < -0.4 is 4.90 Å². The van der Waals surface area contributed by atoms with E-state index >= 15 is 0 Å². The van der Waals surface area contributed by atoms with Gasteiger partial charge in [-0.1, -0.05) is 0 Å². The molecule has 0 spiro atoms. The Morgan fingerprint density at radius 3 is 3.16 bits per heavy atom. The second-order valence-corrected chi connectivity index (χ2v) is 5.39. The Morgan fingerprint density at radius 2 is 2.37 bits per heavy atom. The highest BCUT2D eigenvalue weighted by Crippen LogP contribution is 2.19. The molecule has 0 aromatic carbocycles. The summed E-state index contributed by atoms with van der Waals surface area (Å²) in [5, 5.41) is 12.4. The first-order valence-electron chi connectivity index (χ1n) is 6.14. The van der Waals surface area contributed by atoms with E-state index in [0.29, 0.717) is 6.04 Å². The maximum absolute atomic E-state index is 4.43. The molecule has 0 bridgehead atoms. The lowest BCUT2D eigenvalue weighted by Gasteiger charge is -2.25. The van der Waals surface area contributed by atoms with Crippen molar-refractivity contribution in [2.45, 2.75) is 19.4 Å². The summed E-state index contributed by atoms with van der Waals surface area (Å²) in [6.07, 6.45) is 6.32. The van der Waals surface area contributed by atoms with Gasteiger partial charge in [-0.15, -0.1) is 10.2 Å². The lowest BCUT2D eigenvalue weighted by atomic mass is 10.1. The first kappa shape index (κ1) is 12.1. The van der Waals surface area contributed by atoms with Gasteiger partial charge in [-0.05, 0) is 35.7 Å². The van der Waals surface area contributed by atoms with E-state index in [4.69, 9.17) is 0 Å². The molecule has 98 valence electrons. The van der Waals surface area contributed by atoms with Crippen molar-refractivity contribution < 1.29 is 0 Å². The van der Waals surface area contributed by atoms with Crippen molar-refractivity contribution in [3.05, 3.63) is 41.1 Å². The quantitative estimate of drug-likeness (QED) is 0.731. The van der Waals surface area contributed by atoms with Gasteiger partial charge in [-0.25, -0.2) is 4.98 Å². The predicted molar refractivity (Wildman–Crippen MR) is 76.7 cm³/mol. The van der Waals surface area contributed by atoms with Crippen LogP contribution in [-0.2, 0) is 6.42 Å². The molecule has 0 amide bonds. The molecule has 0 radical (unpaired) electrons. The van der Waals surface area contributed by atoms with E-state index in [1.54, 1.807) is 23.9 Å². The summed E-state index contributed by atoms with van der Waals surface area (Å²) >= 11 is 1.73. The normalized spacial score (nSPS) is 12.7. The van der Waals surface area contributed by atoms with Crippen molar-refractivity contribution in [1.29, 1.82) is 0 Å². The van der Waals surface area contributed by atoms with Crippen LogP contribution in [0.3, 0.4) is 0 Å². The minimum Gasteiger partial charge on any atom is -0.353 e. The van der Waals surface area contributed by atoms with Gasteiger partial charge >= 0.3 is 0 Å². The first-order chi connectivity index (χ1) is 9.25. The minimum absolute atomic E-state index is 0.352. The summed E-state index contributed by atoms with van der Waals surface area (Å²) in [6, 6.07) is 2.52. The number of likely N-dealkylation sites (N-methyl/N-ethyl adjacent to an activating group) is 1. The monoisotopic (exact) mass is 273 g/mol. The Labute approximate surface area is 115 Å². The molecule has 19 heavy (non-hydrogen) atoms. The molecular weight excluding hydrogens is 258 g/mol. The first-order valence-corrected chi connectivity index (χ1v) is 7.08. The number of thiophene rings is 1. The van der Waals surface area contributed by atoms with E-state index in [2.05, 4.69) is 43.8 Å². The van der Waals surface area contributed by atoms with Crippen LogP contribution in [-0.4, -0.2) is 32.7 Å². The molecule has 0 aliphatic carbocycles. The minimum atomic E-state index is 0.352. The highest BCUT2D eigenvalue weighted by molar-refractivity contribution is 7.07. The van der Waals surface area contributed by atoms with Crippen LogP contribution in [0.4, 0.5) is 5.82 Å². The van der Waals surface area contributed by atoms with E-state index in [1.807, 2.05) is 17.6 Å². The van der Waals surface area contributed by atoms with Gasteiger partial charge in [-0.3, -0.25) is 4.40 Å². The van der Waals surface area contributed by atoms with E-state index in [1.165, 1.54) is 5.56 Å². The fourth-order valence-corrected chi connectivity index (χ4v) is 2.77. The molecule has 3 aromatic heterocycles. The Bertz CT molecular complexity index is 661. The van der Waals surface area contributed by atoms with Crippen molar-refractivity contribution in [2.24, 2.45) is 0 Å². The second-order valence-electron chi connectivity index (χ2n) is 4.61. The summed E-state index contributed by atoms with van der Waals surface area (Å²) in [7, 11) is 2.05. The van der Waals surface area contributed by atoms with Crippen LogP contribution in [0.15, 0.2) is 35.5 Å². The van der Waals surface area contributed by atoms with Crippen molar-refractivity contribution in [1.82, 2.24) is 19.6 Å². The van der Waals surface area contributed by atoms with Gasteiger partial charge in [0, 0.05) is 25.5 Å². The van der Waals surface area contributed by atoms with Crippen LogP contribution in [0.1, 0.15) is 12.5 Å². The van der Waals surface area contributed by atoms with E-state index < -0.39 is 0 Å². The number of hydrogen-bond donors (Lipinski definition) is 0. The van der Waals surface area contributed by atoms with E-state index in [9.17, 15) is 0 Å². The zero-order valence-corrected chi connectivity index (χ0v) is 11.7. The molecule has 0 saturated carbocycles. The van der Waals surface area contributed by atoms with Crippen molar-refractivity contribution >= 4 is 22.8 Å². The Balaban J connectivity index is 1.86. The molecule has 3 rings (SSSR count). The van der Waals surface area contributed by atoms with Crippen LogP contribution in [0, 0.1) is 0 Å². The van der Waals surface area contributed by atoms with E-state index in [-0.39, 0.29) is 0 Å². The zero-order chi connectivity index (χ0) is 13.2. The van der Waals surface area contributed by atoms with Crippen LogP contribution in [0.2, 0.25) is 0 Å². The summed E-state index contributed by atoms with van der Waals surface area (Å²) in [6.45, 7) is 2.19. The molecule has 3 aromatic rings. The molecular formula is C13H15N5S. The fourth-order valence-electron chi connectivity index (χ4n) is 2.09.